The molecule has 0 amide bonds. The standard InChI is InChI=1S/C18H20N6OS/c1-4-5-10-15-21-17(25-23-15)11(2)26-18-20-14-9-7-6-8-13(14)16-19-12(3)22-24(16)18/h6-9,11H,4-5,10H2,1-3H3. The lowest BCUT2D eigenvalue weighted by Gasteiger charge is -2.08. The molecule has 8 heteroatoms. The Kier molecular flexibility index (Phi) is 4.58. The van der Waals surface area contributed by atoms with Gasteiger partial charge in [0.15, 0.2) is 16.6 Å². The lowest BCUT2D eigenvalue weighted by Crippen LogP contribution is -2.00. The summed E-state index contributed by atoms with van der Waals surface area (Å²) in [6, 6.07) is 7.97. The van der Waals surface area contributed by atoms with E-state index in [1.54, 1.807) is 16.3 Å². The molecule has 1 atom stereocenters. The molecular weight excluding hydrogens is 348 g/mol. The van der Waals surface area contributed by atoms with Gasteiger partial charge < -0.3 is 4.52 Å². The van der Waals surface area contributed by atoms with Crippen LogP contribution in [0.1, 0.15) is 49.5 Å². The van der Waals surface area contributed by atoms with Crippen molar-refractivity contribution in [1.29, 1.82) is 0 Å². The minimum absolute atomic E-state index is 0.0285. The van der Waals surface area contributed by atoms with Gasteiger partial charge in [-0.05, 0) is 32.4 Å². The van der Waals surface area contributed by atoms with Crippen LogP contribution in [0.25, 0.3) is 16.6 Å². The van der Waals surface area contributed by atoms with Crippen LogP contribution in [0.3, 0.4) is 0 Å². The van der Waals surface area contributed by atoms with Crippen molar-refractivity contribution in [1.82, 2.24) is 29.7 Å². The summed E-state index contributed by atoms with van der Waals surface area (Å²) in [5.41, 5.74) is 1.72. The molecule has 0 aliphatic heterocycles. The zero-order valence-electron chi connectivity index (χ0n) is 15.0. The quantitative estimate of drug-likeness (QED) is 0.373. The molecule has 134 valence electrons. The number of thioether (sulfide) groups is 1. The van der Waals surface area contributed by atoms with Gasteiger partial charge in [0.2, 0.25) is 5.89 Å². The van der Waals surface area contributed by atoms with Gasteiger partial charge in [0.1, 0.15) is 5.82 Å². The summed E-state index contributed by atoms with van der Waals surface area (Å²) >= 11 is 1.54. The minimum atomic E-state index is -0.0285. The molecule has 0 aliphatic carbocycles. The summed E-state index contributed by atoms with van der Waals surface area (Å²) in [5.74, 6) is 2.10. The lowest BCUT2D eigenvalue weighted by molar-refractivity contribution is 0.374. The summed E-state index contributed by atoms with van der Waals surface area (Å²) in [4.78, 5) is 13.9. The topological polar surface area (TPSA) is 82.0 Å². The van der Waals surface area contributed by atoms with Crippen molar-refractivity contribution in [3.63, 3.8) is 0 Å². The monoisotopic (exact) mass is 368 g/mol. The lowest BCUT2D eigenvalue weighted by atomic mass is 10.2. The van der Waals surface area contributed by atoms with Crippen LogP contribution in [-0.4, -0.2) is 29.7 Å². The summed E-state index contributed by atoms with van der Waals surface area (Å²) in [5, 5.41) is 10.3. The number of unbranched alkanes of at least 4 members (excludes halogenated alkanes) is 1. The van der Waals surface area contributed by atoms with Gasteiger partial charge in [-0.1, -0.05) is 42.4 Å². The van der Waals surface area contributed by atoms with Crippen molar-refractivity contribution < 1.29 is 4.52 Å². The molecule has 3 aromatic heterocycles. The Labute approximate surface area is 155 Å². The number of nitrogens with zero attached hydrogens (tertiary/aromatic N) is 6. The predicted molar refractivity (Wildman–Crippen MR) is 100 cm³/mol. The fourth-order valence-corrected chi connectivity index (χ4v) is 3.68. The van der Waals surface area contributed by atoms with Crippen LogP contribution < -0.4 is 0 Å². The van der Waals surface area contributed by atoms with Gasteiger partial charge in [-0.3, -0.25) is 0 Å². The SMILES string of the molecule is CCCCc1noc(C(C)Sc2nc3ccccc3c3nc(C)nn23)n1. The zero-order valence-corrected chi connectivity index (χ0v) is 15.8. The van der Waals surface area contributed by atoms with Crippen molar-refractivity contribution in [3.05, 3.63) is 41.8 Å². The van der Waals surface area contributed by atoms with Crippen molar-refractivity contribution in [2.24, 2.45) is 0 Å². The van der Waals surface area contributed by atoms with E-state index in [0.29, 0.717) is 5.89 Å². The first-order chi connectivity index (χ1) is 12.7. The second-order valence-corrected chi connectivity index (χ2v) is 7.53. The molecule has 0 N–H and O–H groups in total. The Morgan fingerprint density at radius 2 is 2.04 bits per heavy atom. The number of fused-ring (bicyclic) bond motifs is 3. The Hall–Kier alpha value is -2.48. The van der Waals surface area contributed by atoms with Gasteiger partial charge in [0, 0.05) is 11.8 Å². The number of aromatic nitrogens is 6. The largest absolute Gasteiger partial charge is 0.338 e. The molecule has 3 heterocycles. The molecule has 7 nitrogen and oxygen atoms in total. The molecule has 4 rings (SSSR count). The van der Waals surface area contributed by atoms with Gasteiger partial charge in [0.05, 0.1) is 10.8 Å². The Balaban J connectivity index is 1.68. The fraction of sp³-hybridized carbons (Fsp3) is 0.389. The molecule has 0 aliphatic rings. The molecule has 4 aromatic rings. The van der Waals surface area contributed by atoms with Gasteiger partial charge in [-0.2, -0.15) is 9.50 Å². The number of hydrogen-bond donors (Lipinski definition) is 0. The van der Waals surface area contributed by atoms with E-state index in [2.05, 4.69) is 27.1 Å². The maximum absolute atomic E-state index is 5.45. The van der Waals surface area contributed by atoms with Gasteiger partial charge >= 0.3 is 0 Å². The summed E-state index contributed by atoms with van der Waals surface area (Å²) < 4.78 is 7.24. The Bertz CT molecular complexity index is 1060. The molecule has 0 fully saturated rings. The van der Waals surface area contributed by atoms with Crippen molar-refractivity contribution >= 4 is 28.3 Å². The van der Waals surface area contributed by atoms with E-state index in [1.807, 2.05) is 38.1 Å². The first-order valence-electron chi connectivity index (χ1n) is 8.77. The number of rotatable bonds is 6. The zero-order chi connectivity index (χ0) is 18.1. The van der Waals surface area contributed by atoms with Crippen LogP contribution in [0.4, 0.5) is 0 Å². The van der Waals surface area contributed by atoms with E-state index in [1.165, 1.54) is 0 Å². The third-order valence-corrected chi connectivity index (χ3v) is 5.15. The molecule has 1 aromatic carbocycles. The van der Waals surface area contributed by atoms with Gasteiger partial charge in [-0.25, -0.2) is 9.97 Å². The maximum atomic E-state index is 5.45. The average molecular weight is 368 g/mol. The number of hydrogen-bond acceptors (Lipinski definition) is 7. The molecular formula is C18H20N6OS. The molecule has 0 saturated heterocycles. The predicted octanol–water partition coefficient (Wildman–Crippen LogP) is 4.16. The van der Waals surface area contributed by atoms with Crippen LogP contribution in [0.2, 0.25) is 0 Å². The summed E-state index contributed by atoms with van der Waals surface area (Å²) in [6.07, 6.45) is 3.02. The molecule has 0 radical (unpaired) electrons. The Morgan fingerprint density at radius 3 is 2.88 bits per heavy atom. The van der Waals surface area contributed by atoms with Crippen molar-refractivity contribution in [2.75, 3.05) is 0 Å². The third-order valence-electron chi connectivity index (χ3n) is 4.12. The van der Waals surface area contributed by atoms with Gasteiger partial charge in [-0.15, -0.1) is 5.10 Å². The van der Waals surface area contributed by atoms with Crippen molar-refractivity contribution in [2.45, 2.75) is 50.4 Å². The van der Waals surface area contributed by atoms with Crippen LogP contribution in [0, 0.1) is 6.92 Å². The fourth-order valence-electron chi connectivity index (χ4n) is 2.79. The normalized spacial score (nSPS) is 12.9. The first kappa shape index (κ1) is 17.0. The second-order valence-electron chi connectivity index (χ2n) is 6.22. The summed E-state index contributed by atoms with van der Waals surface area (Å²) in [7, 11) is 0. The van der Waals surface area contributed by atoms with E-state index >= 15 is 0 Å². The minimum Gasteiger partial charge on any atom is -0.338 e. The smallest absolute Gasteiger partial charge is 0.239 e. The number of aryl methyl sites for hydroxylation is 2. The van der Waals surface area contributed by atoms with E-state index in [4.69, 9.17) is 9.51 Å². The molecule has 0 saturated carbocycles. The first-order valence-corrected chi connectivity index (χ1v) is 9.65. The average Bonchev–Trinajstić information content (AvgIpc) is 3.26. The van der Waals surface area contributed by atoms with Crippen LogP contribution in [0.15, 0.2) is 33.9 Å². The van der Waals surface area contributed by atoms with Crippen LogP contribution in [-0.2, 0) is 6.42 Å². The van der Waals surface area contributed by atoms with E-state index < -0.39 is 0 Å². The maximum Gasteiger partial charge on any atom is 0.239 e. The highest BCUT2D eigenvalue weighted by molar-refractivity contribution is 7.99. The molecule has 0 bridgehead atoms. The van der Waals surface area contributed by atoms with E-state index in [0.717, 1.165) is 52.6 Å². The highest BCUT2D eigenvalue weighted by Crippen LogP contribution is 2.34. The molecule has 26 heavy (non-hydrogen) atoms. The highest BCUT2D eigenvalue weighted by Gasteiger charge is 2.20. The van der Waals surface area contributed by atoms with Crippen molar-refractivity contribution in [3.8, 4) is 0 Å². The van der Waals surface area contributed by atoms with Crippen LogP contribution >= 0.6 is 11.8 Å². The van der Waals surface area contributed by atoms with E-state index in [-0.39, 0.29) is 5.25 Å². The molecule has 1 unspecified atom stereocenters. The Morgan fingerprint density at radius 1 is 1.19 bits per heavy atom. The van der Waals surface area contributed by atoms with Gasteiger partial charge in [0.25, 0.3) is 0 Å². The highest BCUT2D eigenvalue weighted by atomic mass is 32.2. The second kappa shape index (κ2) is 7.03. The number of benzene rings is 1. The van der Waals surface area contributed by atoms with E-state index in [9.17, 15) is 0 Å². The number of para-hydroxylation sites is 1. The third kappa shape index (κ3) is 3.16. The summed E-state index contributed by atoms with van der Waals surface area (Å²) in [6.45, 7) is 6.07. The molecule has 0 spiro atoms. The van der Waals surface area contributed by atoms with Crippen LogP contribution in [0.5, 0.6) is 0 Å².